The Kier molecular flexibility index (Phi) is 5.54. The first-order chi connectivity index (χ1) is 11.3. The van der Waals surface area contributed by atoms with Gasteiger partial charge in [-0.3, -0.25) is 14.4 Å². The SMILES string of the molecule is CC(C)CN(CCC(=O)O)C(=O)C1CC(=O)Nc2cc(F)ccc21. The van der Waals surface area contributed by atoms with Crippen molar-refractivity contribution in [3.8, 4) is 0 Å². The van der Waals surface area contributed by atoms with Crippen LogP contribution in [0.5, 0.6) is 0 Å². The number of carbonyl (C=O) groups is 3. The molecule has 0 bridgehead atoms. The molecule has 0 radical (unpaired) electrons. The van der Waals surface area contributed by atoms with E-state index in [4.69, 9.17) is 5.11 Å². The van der Waals surface area contributed by atoms with Gasteiger partial charge in [-0.2, -0.15) is 0 Å². The van der Waals surface area contributed by atoms with E-state index >= 15 is 0 Å². The maximum atomic E-state index is 13.4. The number of hydrogen-bond donors (Lipinski definition) is 2. The normalized spacial score (nSPS) is 16.5. The molecule has 0 aromatic heterocycles. The number of halogens is 1. The van der Waals surface area contributed by atoms with Crippen molar-refractivity contribution in [1.82, 2.24) is 4.90 Å². The van der Waals surface area contributed by atoms with Crippen molar-refractivity contribution in [1.29, 1.82) is 0 Å². The van der Waals surface area contributed by atoms with Gasteiger partial charge in [-0.15, -0.1) is 0 Å². The molecule has 0 saturated heterocycles. The van der Waals surface area contributed by atoms with Gasteiger partial charge >= 0.3 is 5.97 Å². The molecule has 130 valence electrons. The van der Waals surface area contributed by atoms with E-state index in [9.17, 15) is 18.8 Å². The molecule has 1 aliphatic heterocycles. The van der Waals surface area contributed by atoms with Crippen LogP contribution in [-0.4, -0.2) is 40.9 Å². The van der Waals surface area contributed by atoms with Gasteiger partial charge in [0, 0.05) is 25.2 Å². The molecule has 0 fully saturated rings. The first-order valence-electron chi connectivity index (χ1n) is 7.87. The molecule has 7 heteroatoms. The van der Waals surface area contributed by atoms with Crippen LogP contribution in [0.15, 0.2) is 18.2 Å². The minimum absolute atomic E-state index is 0.0286. The van der Waals surface area contributed by atoms with Crippen molar-refractivity contribution in [2.24, 2.45) is 5.92 Å². The van der Waals surface area contributed by atoms with Gasteiger partial charge in [0.15, 0.2) is 0 Å². The summed E-state index contributed by atoms with van der Waals surface area (Å²) in [6, 6.07) is 3.94. The van der Waals surface area contributed by atoms with Gasteiger partial charge in [-0.05, 0) is 23.6 Å². The van der Waals surface area contributed by atoms with Gasteiger partial charge in [0.25, 0.3) is 0 Å². The lowest BCUT2D eigenvalue weighted by atomic mass is 9.89. The number of carbonyl (C=O) groups excluding carboxylic acids is 2. The molecular formula is C17H21FN2O4. The van der Waals surface area contributed by atoms with E-state index in [1.165, 1.54) is 23.1 Å². The molecule has 24 heavy (non-hydrogen) atoms. The molecule has 1 aromatic carbocycles. The topological polar surface area (TPSA) is 86.7 Å². The van der Waals surface area contributed by atoms with E-state index in [1.807, 2.05) is 13.8 Å². The second kappa shape index (κ2) is 7.42. The first kappa shape index (κ1) is 17.9. The Labute approximate surface area is 139 Å². The third kappa shape index (κ3) is 4.31. The zero-order valence-corrected chi connectivity index (χ0v) is 13.7. The van der Waals surface area contributed by atoms with Crippen molar-refractivity contribution in [3.63, 3.8) is 0 Å². The summed E-state index contributed by atoms with van der Waals surface area (Å²) in [5.74, 6) is -2.69. The van der Waals surface area contributed by atoms with Gasteiger partial charge in [0.2, 0.25) is 11.8 Å². The Balaban J connectivity index is 2.28. The Morgan fingerprint density at radius 2 is 2.12 bits per heavy atom. The van der Waals surface area contributed by atoms with Gasteiger partial charge in [-0.1, -0.05) is 19.9 Å². The fraction of sp³-hybridized carbons (Fsp3) is 0.471. The van der Waals surface area contributed by atoms with E-state index in [1.54, 1.807) is 0 Å². The van der Waals surface area contributed by atoms with Crippen LogP contribution < -0.4 is 5.32 Å². The lowest BCUT2D eigenvalue weighted by Crippen LogP contribution is -2.41. The third-order valence-electron chi connectivity index (χ3n) is 3.85. The highest BCUT2D eigenvalue weighted by Gasteiger charge is 2.34. The number of aliphatic carboxylic acids is 1. The molecule has 2 rings (SSSR count). The number of fused-ring (bicyclic) bond motifs is 1. The Morgan fingerprint density at radius 3 is 2.75 bits per heavy atom. The highest BCUT2D eigenvalue weighted by atomic mass is 19.1. The maximum Gasteiger partial charge on any atom is 0.305 e. The molecule has 1 aromatic rings. The van der Waals surface area contributed by atoms with Crippen molar-refractivity contribution >= 4 is 23.5 Å². The summed E-state index contributed by atoms with van der Waals surface area (Å²) in [6.45, 7) is 4.34. The standard InChI is InChI=1S/C17H21FN2O4/c1-10(2)9-20(6-5-16(22)23)17(24)13-8-15(21)19-14-7-11(18)3-4-12(13)14/h3-4,7,10,13H,5-6,8-9H2,1-2H3,(H,19,21)(H,22,23). The Morgan fingerprint density at radius 1 is 1.42 bits per heavy atom. The summed E-state index contributed by atoms with van der Waals surface area (Å²) in [5.41, 5.74) is 0.859. The third-order valence-corrected chi connectivity index (χ3v) is 3.85. The minimum atomic E-state index is -0.986. The molecule has 1 heterocycles. The molecule has 1 atom stereocenters. The van der Waals surface area contributed by atoms with Crippen molar-refractivity contribution in [2.45, 2.75) is 32.6 Å². The van der Waals surface area contributed by atoms with E-state index in [2.05, 4.69) is 5.32 Å². The minimum Gasteiger partial charge on any atom is -0.481 e. The van der Waals surface area contributed by atoms with Crippen LogP contribution in [0.2, 0.25) is 0 Å². The number of anilines is 1. The van der Waals surface area contributed by atoms with Crippen molar-refractivity contribution in [3.05, 3.63) is 29.6 Å². The summed E-state index contributed by atoms with van der Waals surface area (Å²) in [4.78, 5) is 37.1. The number of rotatable bonds is 6. The van der Waals surface area contributed by atoms with E-state index in [0.29, 0.717) is 17.8 Å². The van der Waals surface area contributed by atoms with Crippen LogP contribution in [0.3, 0.4) is 0 Å². The number of carboxylic acid groups (broad SMARTS) is 1. The predicted molar refractivity (Wildman–Crippen MR) is 86.1 cm³/mol. The predicted octanol–water partition coefficient (Wildman–Crippen LogP) is 2.21. The van der Waals surface area contributed by atoms with E-state index in [0.717, 1.165) is 0 Å². The Bertz CT molecular complexity index is 660. The molecule has 2 amide bonds. The zero-order chi connectivity index (χ0) is 17.9. The summed E-state index contributed by atoms with van der Waals surface area (Å²) in [6.07, 6.45) is -0.188. The zero-order valence-electron chi connectivity index (χ0n) is 13.7. The van der Waals surface area contributed by atoms with Crippen molar-refractivity contribution < 1.29 is 23.9 Å². The molecule has 0 aliphatic carbocycles. The number of nitrogens with zero attached hydrogens (tertiary/aromatic N) is 1. The average molecular weight is 336 g/mol. The van der Waals surface area contributed by atoms with Crippen LogP contribution in [0.25, 0.3) is 0 Å². The van der Waals surface area contributed by atoms with Gasteiger partial charge in [0.1, 0.15) is 5.82 Å². The van der Waals surface area contributed by atoms with Crippen LogP contribution in [-0.2, 0) is 14.4 Å². The van der Waals surface area contributed by atoms with Crippen LogP contribution >= 0.6 is 0 Å². The Hall–Kier alpha value is -2.44. The first-order valence-corrected chi connectivity index (χ1v) is 7.87. The van der Waals surface area contributed by atoms with E-state index in [-0.39, 0.29) is 37.1 Å². The molecule has 0 saturated carbocycles. The van der Waals surface area contributed by atoms with Crippen LogP contribution in [0, 0.1) is 11.7 Å². The summed E-state index contributed by atoms with van der Waals surface area (Å²) in [5, 5.41) is 11.4. The summed E-state index contributed by atoms with van der Waals surface area (Å²) < 4.78 is 13.4. The monoisotopic (exact) mass is 336 g/mol. The largest absolute Gasteiger partial charge is 0.481 e. The maximum absolute atomic E-state index is 13.4. The fourth-order valence-corrected chi connectivity index (χ4v) is 2.84. The quantitative estimate of drug-likeness (QED) is 0.834. The van der Waals surface area contributed by atoms with E-state index < -0.39 is 17.7 Å². The summed E-state index contributed by atoms with van der Waals surface area (Å²) >= 11 is 0. The lowest BCUT2D eigenvalue weighted by molar-refractivity contribution is -0.140. The van der Waals surface area contributed by atoms with Gasteiger partial charge in [0.05, 0.1) is 12.3 Å². The van der Waals surface area contributed by atoms with Gasteiger partial charge < -0.3 is 15.3 Å². The molecular weight excluding hydrogens is 315 g/mol. The molecule has 2 N–H and O–H groups in total. The summed E-state index contributed by atoms with van der Waals surface area (Å²) in [7, 11) is 0. The second-order valence-corrected chi connectivity index (χ2v) is 6.36. The molecule has 0 spiro atoms. The van der Waals surface area contributed by atoms with Crippen molar-refractivity contribution in [2.75, 3.05) is 18.4 Å². The lowest BCUT2D eigenvalue weighted by Gasteiger charge is -2.31. The van der Waals surface area contributed by atoms with Gasteiger partial charge in [-0.25, -0.2) is 4.39 Å². The molecule has 6 nitrogen and oxygen atoms in total. The molecule has 1 aliphatic rings. The smallest absolute Gasteiger partial charge is 0.305 e. The fourth-order valence-electron chi connectivity index (χ4n) is 2.84. The highest BCUT2D eigenvalue weighted by Crippen LogP contribution is 2.34. The number of hydrogen-bond acceptors (Lipinski definition) is 3. The number of benzene rings is 1. The second-order valence-electron chi connectivity index (χ2n) is 6.36. The number of carboxylic acids is 1. The number of nitrogens with one attached hydrogen (secondary N) is 1. The molecule has 1 unspecified atom stereocenters. The highest BCUT2D eigenvalue weighted by molar-refractivity contribution is 6.01. The van der Waals surface area contributed by atoms with Crippen LogP contribution in [0.4, 0.5) is 10.1 Å². The number of amides is 2. The van der Waals surface area contributed by atoms with Crippen LogP contribution in [0.1, 0.15) is 38.2 Å². The average Bonchev–Trinajstić information content (AvgIpc) is 2.48.